The third-order valence-corrected chi connectivity index (χ3v) is 2.32. The average Bonchev–Trinajstić information content (AvgIpc) is 2.37. The number of benzene rings is 1. The van der Waals surface area contributed by atoms with Gasteiger partial charge in [0.2, 0.25) is 0 Å². The molecule has 0 fully saturated rings. The number of nitro benzene ring substituents is 1. The predicted octanol–water partition coefficient (Wildman–Crippen LogP) is 1.57. The van der Waals surface area contributed by atoms with Gasteiger partial charge < -0.3 is 5.11 Å². The van der Waals surface area contributed by atoms with Gasteiger partial charge in [-0.1, -0.05) is 12.1 Å². The number of nitro groups is 1. The molecule has 19 heavy (non-hydrogen) atoms. The van der Waals surface area contributed by atoms with Crippen molar-refractivity contribution in [3.8, 4) is 0 Å². The molecule has 0 unspecified atom stereocenters. The third kappa shape index (κ3) is 2.75. The van der Waals surface area contributed by atoms with Crippen LogP contribution in [-0.2, 0) is 9.63 Å². The topological polar surface area (TPSA) is 115 Å². The van der Waals surface area contributed by atoms with Crippen molar-refractivity contribution < 1.29 is 19.7 Å². The highest BCUT2D eigenvalue weighted by Crippen LogP contribution is 2.28. The number of aromatic nitrogens is 1. The van der Waals surface area contributed by atoms with Crippen LogP contribution in [0.4, 0.5) is 11.4 Å². The Bertz CT molecular complexity index is 643. The molecular weight excluding hydrogens is 254 g/mol. The van der Waals surface area contributed by atoms with Gasteiger partial charge in [0.25, 0.3) is 5.69 Å². The lowest BCUT2D eigenvalue weighted by molar-refractivity contribution is -0.383. The summed E-state index contributed by atoms with van der Waals surface area (Å²) < 4.78 is 0. The van der Waals surface area contributed by atoms with Gasteiger partial charge in [-0.2, -0.15) is 0 Å². The number of carboxylic acid groups (broad SMARTS) is 1. The normalized spacial score (nSPS) is 10.3. The zero-order valence-electron chi connectivity index (χ0n) is 9.57. The second-order valence-electron chi connectivity index (χ2n) is 3.57. The highest BCUT2D eigenvalue weighted by Gasteiger charge is 2.14. The molecule has 8 nitrogen and oxygen atoms in total. The summed E-state index contributed by atoms with van der Waals surface area (Å²) in [7, 11) is 0. The van der Waals surface area contributed by atoms with Crippen LogP contribution in [0.2, 0.25) is 0 Å². The van der Waals surface area contributed by atoms with Crippen LogP contribution >= 0.6 is 0 Å². The van der Waals surface area contributed by atoms with Gasteiger partial charge in [0.1, 0.15) is 5.52 Å². The molecule has 0 bridgehead atoms. The van der Waals surface area contributed by atoms with Crippen LogP contribution in [0.15, 0.2) is 30.5 Å². The van der Waals surface area contributed by atoms with Crippen molar-refractivity contribution in [1.29, 1.82) is 0 Å². The molecule has 0 saturated carbocycles. The van der Waals surface area contributed by atoms with E-state index < -0.39 is 17.5 Å². The maximum Gasteiger partial charge on any atom is 0.332 e. The van der Waals surface area contributed by atoms with E-state index >= 15 is 0 Å². The number of carbonyl (C=O) groups is 1. The summed E-state index contributed by atoms with van der Waals surface area (Å²) in [6, 6.07) is 6.03. The Balaban J connectivity index is 2.38. The number of nitrogens with zero attached hydrogens (tertiary/aromatic N) is 2. The predicted molar refractivity (Wildman–Crippen MR) is 65.6 cm³/mol. The van der Waals surface area contributed by atoms with Gasteiger partial charge in [0.15, 0.2) is 6.61 Å². The fourth-order valence-corrected chi connectivity index (χ4v) is 1.57. The quantitative estimate of drug-likeness (QED) is 0.621. The fraction of sp³-hybridized carbons (Fsp3) is 0.0909. The number of anilines is 1. The number of rotatable bonds is 5. The Morgan fingerprint density at radius 3 is 2.95 bits per heavy atom. The minimum absolute atomic E-state index is 0.126. The maximum atomic E-state index is 10.9. The number of pyridine rings is 1. The Labute approximate surface area is 106 Å². The van der Waals surface area contributed by atoms with E-state index in [-0.39, 0.29) is 11.2 Å². The second-order valence-corrected chi connectivity index (χ2v) is 3.57. The highest BCUT2D eigenvalue weighted by atomic mass is 16.7. The molecule has 1 aromatic carbocycles. The number of para-hydroxylation sites is 1. The first-order chi connectivity index (χ1) is 9.09. The largest absolute Gasteiger partial charge is 0.479 e. The van der Waals surface area contributed by atoms with Crippen LogP contribution in [0.5, 0.6) is 0 Å². The molecule has 0 radical (unpaired) electrons. The number of aliphatic carboxylic acids is 1. The molecule has 2 N–H and O–H groups in total. The smallest absolute Gasteiger partial charge is 0.332 e. The number of hydrogen-bond donors (Lipinski definition) is 2. The van der Waals surface area contributed by atoms with Gasteiger partial charge in [-0.25, -0.2) is 9.78 Å². The van der Waals surface area contributed by atoms with Crippen molar-refractivity contribution in [1.82, 2.24) is 4.98 Å². The van der Waals surface area contributed by atoms with Crippen LogP contribution in [0.1, 0.15) is 0 Å². The molecule has 1 aromatic heterocycles. The number of carboxylic acids is 1. The SMILES string of the molecule is O=C(O)CONc1ccnc2c([N+](=O)[O-])cccc12. The van der Waals surface area contributed by atoms with Crippen LogP contribution in [0.25, 0.3) is 10.9 Å². The molecule has 0 aliphatic rings. The van der Waals surface area contributed by atoms with E-state index in [1.807, 2.05) is 0 Å². The average molecular weight is 263 g/mol. The molecule has 0 saturated heterocycles. The standard InChI is InChI=1S/C11H9N3O5/c15-10(16)6-19-13-8-4-5-12-11-7(8)2-1-3-9(11)14(17)18/h1-5H,6H2,(H,12,13)(H,15,16). The lowest BCUT2D eigenvalue weighted by atomic mass is 10.1. The second kappa shape index (κ2) is 5.27. The van der Waals surface area contributed by atoms with Gasteiger partial charge >= 0.3 is 5.97 Å². The van der Waals surface area contributed by atoms with Crippen molar-refractivity contribution in [3.05, 3.63) is 40.6 Å². The van der Waals surface area contributed by atoms with Gasteiger partial charge in [0.05, 0.1) is 10.6 Å². The molecule has 2 rings (SSSR count). The third-order valence-electron chi connectivity index (χ3n) is 2.32. The molecule has 0 aliphatic carbocycles. The van der Waals surface area contributed by atoms with E-state index in [4.69, 9.17) is 9.94 Å². The van der Waals surface area contributed by atoms with Gasteiger partial charge in [-0.05, 0) is 6.07 Å². The fourth-order valence-electron chi connectivity index (χ4n) is 1.57. The maximum absolute atomic E-state index is 10.9. The summed E-state index contributed by atoms with van der Waals surface area (Å²) in [5, 5.41) is 19.8. The number of fused-ring (bicyclic) bond motifs is 1. The summed E-state index contributed by atoms with van der Waals surface area (Å²) in [4.78, 5) is 29.4. The molecule has 0 atom stereocenters. The Morgan fingerprint density at radius 2 is 2.26 bits per heavy atom. The molecule has 8 heteroatoms. The number of hydrogen-bond acceptors (Lipinski definition) is 6. The van der Waals surface area contributed by atoms with E-state index in [0.717, 1.165) is 0 Å². The van der Waals surface area contributed by atoms with Crippen molar-refractivity contribution in [2.45, 2.75) is 0 Å². The molecular formula is C11H9N3O5. The lowest BCUT2D eigenvalue weighted by Gasteiger charge is -2.08. The molecule has 0 amide bonds. The number of non-ortho nitro benzene ring substituents is 1. The van der Waals surface area contributed by atoms with E-state index in [2.05, 4.69) is 10.5 Å². The highest BCUT2D eigenvalue weighted by molar-refractivity contribution is 5.96. The number of nitrogens with one attached hydrogen (secondary N) is 1. The molecule has 0 aliphatic heterocycles. The minimum atomic E-state index is -1.13. The zero-order valence-corrected chi connectivity index (χ0v) is 9.57. The monoisotopic (exact) mass is 263 g/mol. The van der Waals surface area contributed by atoms with E-state index in [9.17, 15) is 14.9 Å². The van der Waals surface area contributed by atoms with Crippen molar-refractivity contribution in [2.75, 3.05) is 12.1 Å². The van der Waals surface area contributed by atoms with Gasteiger partial charge in [-0.3, -0.25) is 20.4 Å². The first-order valence-corrected chi connectivity index (χ1v) is 5.21. The molecule has 98 valence electrons. The van der Waals surface area contributed by atoms with E-state index in [1.54, 1.807) is 6.07 Å². The molecule has 0 spiro atoms. The molecule has 1 heterocycles. The van der Waals surface area contributed by atoms with Crippen molar-refractivity contribution >= 4 is 28.2 Å². The summed E-state index contributed by atoms with van der Waals surface area (Å²) in [5.41, 5.74) is 2.93. The van der Waals surface area contributed by atoms with Crippen LogP contribution in [0.3, 0.4) is 0 Å². The first-order valence-electron chi connectivity index (χ1n) is 5.21. The van der Waals surface area contributed by atoms with Crippen LogP contribution in [-0.4, -0.2) is 27.6 Å². The Kier molecular flexibility index (Phi) is 3.53. The van der Waals surface area contributed by atoms with E-state index in [1.165, 1.54) is 24.4 Å². The van der Waals surface area contributed by atoms with E-state index in [0.29, 0.717) is 11.1 Å². The summed E-state index contributed by atoms with van der Waals surface area (Å²) in [6.45, 7) is -0.529. The first kappa shape index (κ1) is 12.7. The van der Waals surface area contributed by atoms with Gasteiger partial charge in [0, 0.05) is 17.6 Å². The minimum Gasteiger partial charge on any atom is -0.479 e. The van der Waals surface area contributed by atoms with Gasteiger partial charge in [-0.15, -0.1) is 0 Å². The Hall–Kier alpha value is -2.74. The Morgan fingerprint density at radius 1 is 1.47 bits per heavy atom. The van der Waals surface area contributed by atoms with Crippen molar-refractivity contribution in [3.63, 3.8) is 0 Å². The van der Waals surface area contributed by atoms with Crippen LogP contribution < -0.4 is 5.48 Å². The van der Waals surface area contributed by atoms with Crippen molar-refractivity contribution in [2.24, 2.45) is 0 Å². The lowest BCUT2D eigenvalue weighted by Crippen LogP contribution is -2.11. The molecule has 2 aromatic rings. The summed E-state index contributed by atoms with van der Waals surface area (Å²) in [6.07, 6.45) is 1.38. The summed E-state index contributed by atoms with van der Waals surface area (Å²) >= 11 is 0. The zero-order chi connectivity index (χ0) is 13.8. The summed E-state index contributed by atoms with van der Waals surface area (Å²) in [5.74, 6) is -1.13. The van der Waals surface area contributed by atoms with Crippen LogP contribution in [0, 0.1) is 10.1 Å².